The average Bonchev–Trinajstić information content (AvgIpc) is 2.63. The van der Waals surface area contributed by atoms with Crippen LogP contribution in [0.1, 0.15) is 25.0 Å². The first kappa shape index (κ1) is 17.9. The third-order valence-corrected chi connectivity index (χ3v) is 4.37. The van der Waals surface area contributed by atoms with Gasteiger partial charge < -0.3 is 9.84 Å². The summed E-state index contributed by atoms with van der Waals surface area (Å²) in [5.41, 5.74) is 0.783. The monoisotopic (exact) mass is 353 g/mol. The van der Waals surface area contributed by atoms with E-state index < -0.39 is 11.4 Å². The maximum absolute atomic E-state index is 14.0. The Morgan fingerprint density at radius 1 is 1.12 bits per heavy atom. The van der Waals surface area contributed by atoms with E-state index in [4.69, 9.17) is 4.74 Å². The smallest absolute Gasteiger partial charge is 0.312 e. The zero-order valence-electron chi connectivity index (χ0n) is 14.7. The van der Waals surface area contributed by atoms with Gasteiger partial charge in [0.1, 0.15) is 18.2 Å². The maximum Gasteiger partial charge on any atom is 0.312 e. The van der Waals surface area contributed by atoms with Crippen LogP contribution in [0.2, 0.25) is 0 Å². The molecule has 26 heavy (non-hydrogen) atoms. The summed E-state index contributed by atoms with van der Waals surface area (Å²) in [5.74, 6) is -0.587. The van der Waals surface area contributed by atoms with Gasteiger partial charge in [0.25, 0.3) is 0 Å². The number of halogens is 1. The van der Waals surface area contributed by atoms with Gasteiger partial charge in [0.2, 0.25) is 0 Å². The van der Waals surface area contributed by atoms with Crippen LogP contribution in [0.15, 0.2) is 54.9 Å². The Balaban J connectivity index is 1.90. The van der Waals surface area contributed by atoms with Crippen molar-refractivity contribution in [3.63, 3.8) is 0 Å². The summed E-state index contributed by atoms with van der Waals surface area (Å²) >= 11 is 0. The highest BCUT2D eigenvalue weighted by Gasteiger charge is 2.28. The number of benzene rings is 2. The Bertz CT molecular complexity index is 953. The molecule has 0 aliphatic heterocycles. The minimum absolute atomic E-state index is 0.0452. The summed E-state index contributed by atoms with van der Waals surface area (Å²) in [7, 11) is 0. The quantitative estimate of drug-likeness (QED) is 0.711. The molecule has 0 fully saturated rings. The molecule has 5 heteroatoms. The molecule has 1 heterocycles. The molecular formula is C21H20FNO3. The van der Waals surface area contributed by atoms with Gasteiger partial charge in [-0.25, -0.2) is 4.39 Å². The van der Waals surface area contributed by atoms with Gasteiger partial charge in [0.15, 0.2) is 0 Å². The van der Waals surface area contributed by atoms with Crippen molar-refractivity contribution >= 4 is 16.7 Å². The lowest BCUT2D eigenvalue weighted by Gasteiger charge is -2.20. The van der Waals surface area contributed by atoms with Gasteiger partial charge in [-0.3, -0.25) is 9.78 Å². The van der Waals surface area contributed by atoms with Crippen LogP contribution >= 0.6 is 0 Å². The van der Waals surface area contributed by atoms with Crippen LogP contribution in [0.4, 0.5) is 4.39 Å². The molecule has 3 aromatic rings. The van der Waals surface area contributed by atoms with E-state index in [9.17, 15) is 14.3 Å². The number of carbonyl (C=O) groups is 1. The van der Waals surface area contributed by atoms with E-state index in [1.165, 1.54) is 6.07 Å². The van der Waals surface area contributed by atoms with Crippen LogP contribution < -0.4 is 4.74 Å². The predicted octanol–water partition coefficient (Wildman–Crippen LogP) is 4.45. The Morgan fingerprint density at radius 3 is 2.58 bits per heavy atom. The van der Waals surface area contributed by atoms with Gasteiger partial charge in [0, 0.05) is 29.8 Å². The second kappa shape index (κ2) is 7.12. The number of pyridine rings is 1. The number of aromatic nitrogens is 1. The highest BCUT2D eigenvalue weighted by atomic mass is 19.1. The predicted molar refractivity (Wildman–Crippen MR) is 97.9 cm³/mol. The topological polar surface area (TPSA) is 59.4 Å². The van der Waals surface area contributed by atoms with E-state index >= 15 is 0 Å². The standard InChI is InChI=1S/C21H20FNO3/c1-21(2,20(24)25)13-26-19-9-10-23-12-15(19)11-14-7-8-18(22)17-6-4-3-5-16(14)17/h3-10,12H,11,13H2,1-2H3,(H,24,25). The molecule has 0 aliphatic carbocycles. The normalized spacial score (nSPS) is 11.5. The van der Waals surface area contributed by atoms with Crippen LogP contribution in [0.5, 0.6) is 5.75 Å². The minimum atomic E-state index is -0.997. The van der Waals surface area contributed by atoms with E-state index in [1.54, 1.807) is 44.4 Å². The largest absolute Gasteiger partial charge is 0.492 e. The van der Waals surface area contributed by atoms with E-state index in [0.717, 1.165) is 16.5 Å². The number of ether oxygens (including phenoxy) is 1. The Kier molecular flexibility index (Phi) is 4.89. The van der Waals surface area contributed by atoms with Crippen molar-refractivity contribution in [2.75, 3.05) is 6.61 Å². The molecule has 0 amide bonds. The zero-order chi connectivity index (χ0) is 18.7. The Hall–Kier alpha value is -2.95. The fraction of sp³-hybridized carbons (Fsp3) is 0.238. The van der Waals surface area contributed by atoms with Crippen molar-refractivity contribution in [2.24, 2.45) is 5.41 Å². The molecular weight excluding hydrogens is 333 g/mol. The van der Waals surface area contributed by atoms with E-state index in [-0.39, 0.29) is 12.4 Å². The molecule has 4 nitrogen and oxygen atoms in total. The Morgan fingerprint density at radius 2 is 1.85 bits per heavy atom. The number of rotatable bonds is 6. The molecule has 0 saturated carbocycles. The van der Waals surface area contributed by atoms with E-state index in [0.29, 0.717) is 17.6 Å². The van der Waals surface area contributed by atoms with Crippen LogP contribution in [0, 0.1) is 11.2 Å². The second-order valence-corrected chi connectivity index (χ2v) is 6.89. The van der Waals surface area contributed by atoms with Crippen molar-refractivity contribution < 1.29 is 19.0 Å². The molecule has 134 valence electrons. The highest BCUT2D eigenvalue weighted by Crippen LogP contribution is 2.28. The molecule has 0 aliphatic rings. The molecule has 3 rings (SSSR count). The van der Waals surface area contributed by atoms with Crippen LogP contribution in [0.25, 0.3) is 10.8 Å². The first-order valence-corrected chi connectivity index (χ1v) is 8.34. The third-order valence-electron chi connectivity index (χ3n) is 4.37. The fourth-order valence-corrected chi connectivity index (χ4v) is 2.69. The number of hydrogen-bond donors (Lipinski definition) is 1. The number of nitrogens with zero attached hydrogens (tertiary/aromatic N) is 1. The van der Waals surface area contributed by atoms with E-state index in [2.05, 4.69) is 4.98 Å². The van der Waals surface area contributed by atoms with E-state index in [1.807, 2.05) is 18.2 Å². The molecule has 0 saturated heterocycles. The van der Waals surface area contributed by atoms with Crippen LogP contribution in [-0.4, -0.2) is 22.7 Å². The van der Waals surface area contributed by atoms with Crippen molar-refractivity contribution in [3.8, 4) is 5.75 Å². The summed E-state index contributed by atoms with van der Waals surface area (Å²) < 4.78 is 19.8. The summed E-state index contributed by atoms with van der Waals surface area (Å²) in [6, 6.07) is 12.3. The van der Waals surface area contributed by atoms with Gasteiger partial charge in [0.05, 0.1) is 5.41 Å². The highest BCUT2D eigenvalue weighted by molar-refractivity contribution is 5.86. The van der Waals surface area contributed by atoms with Gasteiger partial charge >= 0.3 is 5.97 Å². The molecule has 0 bridgehead atoms. The van der Waals surface area contributed by atoms with Crippen LogP contribution in [-0.2, 0) is 11.2 Å². The number of fused-ring (bicyclic) bond motifs is 1. The molecule has 2 aromatic carbocycles. The summed E-state index contributed by atoms with van der Waals surface area (Å²) in [4.78, 5) is 15.4. The molecule has 0 unspecified atom stereocenters. The molecule has 1 N–H and O–H groups in total. The summed E-state index contributed by atoms with van der Waals surface area (Å²) in [5, 5.41) is 10.7. The number of carboxylic acid groups (broad SMARTS) is 1. The van der Waals surface area contributed by atoms with Gasteiger partial charge in [-0.05, 0) is 36.9 Å². The van der Waals surface area contributed by atoms with Gasteiger partial charge in [-0.15, -0.1) is 0 Å². The minimum Gasteiger partial charge on any atom is -0.492 e. The first-order chi connectivity index (χ1) is 12.4. The second-order valence-electron chi connectivity index (χ2n) is 6.89. The summed E-state index contributed by atoms with van der Waals surface area (Å²) in [6.45, 7) is 3.27. The molecule has 0 spiro atoms. The van der Waals surface area contributed by atoms with Crippen molar-refractivity contribution in [3.05, 3.63) is 71.8 Å². The number of aliphatic carboxylic acids is 1. The molecule has 1 aromatic heterocycles. The van der Waals surface area contributed by atoms with Crippen LogP contribution in [0.3, 0.4) is 0 Å². The number of carboxylic acids is 1. The van der Waals surface area contributed by atoms with Crippen molar-refractivity contribution in [1.29, 1.82) is 0 Å². The lowest BCUT2D eigenvalue weighted by atomic mass is 9.95. The average molecular weight is 353 g/mol. The zero-order valence-corrected chi connectivity index (χ0v) is 14.7. The van der Waals surface area contributed by atoms with Crippen molar-refractivity contribution in [2.45, 2.75) is 20.3 Å². The third kappa shape index (κ3) is 3.67. The molecule has 0 atom stereocenters. The van der Waals surface area contributed by atoms with Gasteiger partial charge in [-0.1, -0.05) is 30.3 Å². The summed E-state index contributed by atoms with van der Waals surface area (Å²) in [6.07, 6.45) is 3.81. The van der Waals surface area contributed by atoms with Gasteiger partial charge in [-0.2, -0.15) is 0 Å². The first-order valence-electron chi connectivity index (χ1n) is 8.34. The lowest BCUT2D eigenvalue weighted by Crippen LogP contribution is -2.30. The fourth-order valence-electron chi connectivity index (χ4n) is 2.69. The SMILES string of the molecule is CC(C)(COc1ccncc1Cc1ccc(F)c2ccccc12)C(=O)O. The number of hydrogen-bond acceptors (Lipinski definition) is 3. The maximum atomic E-state index is 14.0. The molecule has 0 radical (unpaired) electrons. The lowest BCUT2D eigenvalue weighted by molar-refractivity contribution is -0.148. The Labute approximate surface area is 151 Å². The van der Waals surface area contributed by atoms with Crippen molar-refractivity contribution in [1.82, 2.24) is 4.98 Å².